The third kappa shape index (κ3) is 4.00. The van der Waals surface area contributed by atoms with E-state index in [1.807, 2.05) is 29.7 Å². The number of carbonyl (C=O) groups excluding carboxylic acids is 1. The van der Waals surface area contributed by atoms with Gasteiger partial charge in [-0.1, -0.05) is 36.0 Å². The molecule has 1 aliphatic carbocycles. The van der Waals surface area contributed by atoms with Gasteiger partial charge in [-0.25, -0.2) is 0 Å². The number of nitrogens with zero attached hydrogens (tertiary/aromatic N) is 4. The van der Waals surface area contributed by atoms with Crippen LogP contribution in [0.2, 0.25) is 0 Å². The number of aryl methyl sites for hydroxylation is 2. The zero-order valence-electron chi connectivity index (χ0n) is 17.1. The van der Waals surface area contributed by atoms with Gasteiger partial charge in [-0.15, -0.1) is 21.5 Å². The summed E-state index contributed by atoms with van der Waals surface area (Å²) >= 11 is 2.92. The molecular weight excluding hydrogens is 414 g/mol. The minimum absolute atomic E-state index is 0.127. The topological polar surface area (TPSA) is 83.6 Å². The van der Waals surface area contributed by atoms with E-state index in [0.717, 1.165) is 59.9 Å². The third-order valence-corrected chi connectivity index (χ3v) is 7.46. The summed E-state index contributed by atoms with van der Waals surface area (Å²) in [6.45, 7) is 4.82. The van der Waals surface area contributed by atoms with E-state index in [-0.39, 0.29) is 11.7 Å². The van der Waals surface area contributed by atoms with Crippen LogP contribution in [0, 0.1) is 18.3 Å². The first-order chi connectivity index (χ1) is 14.6. The normalized spacial score (nSPS) is 13.0. The molecule has 0 aliphatic heterocycles. The maximum absolute atomic E-state index is 12.6. The van der Waals surface area contributed by atoms with Crippen molar-refractivity contribution in [1.29, 1.82) is 5.26 Å². The first kappa shape index (κ1) is 20.6. The number of carbonyl (C=O) groups is 1. The average molecular weight is 438 g/mol. The molecule has 2 heterocycles. The van der Waals surface area contributed by atoms with Gasteiger partial charge >= 0.3 is 0 Å². The van der Waals surface area contributed by atoms with Crippen molar-refractivity contribution in [2.24, 2.45) is 0 Å². The van der Waals surface area contributed by atoms with Gasteiger partial charge in [0, 0.05) is 17.0 Å². The Labute approximate surface area is 184 Å². The van der Waals surface area contributed by atoms with Gasteiger partial charge in [0.25, 0.3) is 0 Å². The number of aromatic nitrogens is 3. The summed E-state index contributed by atoms with van der Waals surface area (Å²) in [5, 5.41) is 22.6. The number of fused-ring (bicyclic) bond motifs is 1. The van der Waals surface area contributed by atoms with E-state index in [1.54, 1.807) is 11.3 Å². The number of rotatable bonds is 6. The maximum atomic E-state index is 12.6. The second kappa shape index (κ2) is 9.02. The largest absolute Gasteiger partial charge is 0.316 e. The van der Waals surface area contributed by atoms with Crippen LogP contribution in [0.3, 0.4) is 0 Å². The Morgan fingerprint density at radius 1 is 1.30 bits per heavy atom. The lowest BCUT2D eigenvalue weighted by Gasteiger charge is -2.09. The predicted molar refractivity (Wildman–Crippen MR) is 121 cm³/mol. The molecule has 3 aromatic rings. The van der Waals surface area contributed by atoms with Crippen molar-refractivity contribution < 1.29 is 4.79 Å². The second-order valence-electron chi connectivity index (χ2n) is 7.23. The van der Waals surface area contributed by atoms with Crippen LogP contribution in [-0.2, 0) is 24.2 Å². The zero-order chi connectivity index (χ0) is 21.1. The number of thioether (sulfide) groups is 1. The van der Waals surface area contributed by atoms with Gasteiger partial charge in [-0.3, -0.25) is 4.79 Å². The van der Waals surface area contributed by atoms with Crippen LogP contribution in [0.25, 0.3) is 11.4 Å². The lowest BCUT2D eigenvalue weighted by molar-refractivity contribution is -0.113. The van der Waals surface area contributed by atoms with Crippen molar-refractivity contribution in [1.82, 2.24) is 14.8 Å². The Morgan fingerprint density at radius 3 is 2.87 bits per heavy atom. The van der Waals surface area contributed by atoms with E-state index >= 15 is 0 Å². The number of hydrogen-bond donors (Lipinski definition) is 1. The molecular formula is C22H23N5OS2. The molecule has 1 amide bonds. The Morgan fingerprint density at radius 2 is 2.10 bits per heavy atom. The standard InChI is InChI=1S/C22H23N5OS2/c1-3-27-20(15-9-5-4-8-14(15)2)25-26-22(27)29-13-19(28)24-21-17(12-23)16-10-6-7-11-18(16)30-21/h4-5,8-9H,3,6-7,10-11,13H2,1-2H3,(H,24,28). The highest BCUT2D eigenvalue weighted by atomic mass is 32.2. The van der Waals surface area contributed by atoms with E-state index in [0.29, 0.717) is 10.6 Å². The number of nitriles is 1. The Hall–Kier alpha value is -2.63. The lowest BCUT2D eigenvalue weighted by Crippen LogP contribution is -2.14. The van der Waals surface area contributed by atoms with Crippen molar-refractivity contribution in [3.63, 3.8) is 0 Å². The van der Waals surface area contributed by atoms with Gasteiger partial charge < -0.3 is 9.88 Å². The monoisotopic (exact) mass is 437 g/mol. The van der Waals surface area contributed by atoms with Crippen molar-refractivity contribution in [2.75, 3.05) is 11.1 Å². The smallest absolute Gasteiger partial charge is 0.235 e. The molecule has 4 rings (SSSR count). The summed E-state index contributed by atoms with van der Waals surface area (Å²) in [4.78, 5) is 13.8. The number of nitrogens with one attached hydrogen (secondary N) is 1. The minimum atomic E-state index is -0.127. The van der Waals surface area contributed by atoms with Crippen LogP contribution >= 0.6 is 23.1 Å². The highest BCUT2D eigenvalue weighted by Crippen LogP contribution is 2.37. The van der Waals surface area contributed by atoms with Crippen LogP contribution in [0.15, 0.2) is 29.4 Å². The quantitative estimate of drug-likeness (QED) is 0.559. The summed E-state index contributed by atoms with van der Waals surface area (Å²) in [5.74, 6) is 0.911. The molecule has 8 heteroatoms. The predicted octanol–water partition coefficient (Wildman–Crippen LogP) is 4.82. The molecule has 0 saturated carbocycles. The Kier molecular flexibility index (Phi) is 6.21. The Bertz CT molecular complexity index is 1130. The van der Waals surface area contributed by atoms with Crippen molar-refractivity contribution in [2.45, 2.75) is 51.2 Å². The van der Waals surface area contributed by atoms with Gasteiger partial charge in [0.2, 0.25) is 5.91 Å². The molecule has 0 spiro atoms. The van der Waals surface area contributed by atoms with Crippen LogP contribution in [0.4, 0.5) is 5.00 Å². The molecule has 0 fully saturated rings. The van der Waals surface area contributed by atoms with Gasteiger partial charge in [0.15, 0.2) is 11.0 Å². The highest BCUT2D eigenvalue weighted by molar-refractivity contribution is 7.99. The first-order valence-electron chi connectivity index (χ1n) is 10.1. The molecule has 0 saturated heterocycles. The van der Waals surface area contributed by atoms with Gasteiger partial charge in [-0.05, 0) is 50.7 Å². The first-order valence-corrected chi connectivity index (χ1v) is 11.9. The number of benzene rings is 1. The maximum Gasteiger partial charge on any atom is 0.235 e. The van der Waals surface area contributed by atoms with E-state index in [9.17, 15) is 10.1 Å². The lowest BCUT2D eigenvalue weighted by atomic mass is 9.96. The summed E-state index contributed by atoms with van der Waals surface area (Å²) in [6, 6.07) is 10.4. The molecule has 1 N–H and O–H groups in total. The molecule has 0 bridgehead atoms. The number of anilines is 1. The van der Waals surface area contributed by atoms with Crippen LogP contribution in [0.1, 0.15) is 41.3 Å². The number of thiophene rings is 1. The molecule has 154 valence electrons. The number of amides is 1. The minimum Gasteiger partial charge on any atom is -0.316 e. The summed E-state index contributed by atoms with van der Waals surface area (Å²) in [5.41, 5.74) is 3.96. The van der Waals surface area contributed by atoms with Gasteiger partial charge in [0.1, 0.15) is 11.1 Å². The molecule has 6 nitrogen and oxygen atoms in total. The van der Waals surface area contributed by atoms with Crippen molar-refractivity contribution in [3.05, 3.63) is 45.8 Å². The third-order valence-electron chi connectivity index (χ3n) is 5.29. The molecule has 1 aliphatic rings. The van der Waals surface area contributed by atoms with Crippen molar-refractivity contribution >= 4 is 34.0 Å². The van der Waals surface area contributed by atoms with Crippen LogP contribution in [0.5, 0.6) is 0 Å². The van der Waals surface area contributed by atoms with E-state index < -0.39 is 0 Å². The molecule has 0 unspecified atom stereocenters. The second-order valence-corrected chi connectivity index (χ2v) is 9.28. The molecule has 30 heavy (non-hydrogen) atoms. The molecule has 1 aromatic carbocycles. The SMILES string of the molecule is CCn1c(SCC(=O)Nc2sc3c(c2C#N)CCCC3)nnc1-c1ccccc1C. The summed E-state index contributed by atoms with van der Waals surface area (Å²) < 4.78 is 2.03. The Balaban J connectivity index is 1.47. The summed E-state index contributed by atoms with van der Waals surface area (Å²) in [6.07, 6.45) is 4.19. The average Bonchev–Trinajstić information content (AvgIpc) is 3.32. The molecule has 0 atom stereocenters. The van der Waals surface area contributed by atoms with Crippen molar-refractivity contribution in [3.8, 4) is 17.5 Å². The molecule has 2 aromatic heterocycles. The fourth-order valence-electron chi connectivity index (χ4n) is 3.77. The van der Waals surface area contributed by atoms with Gasteiger partial charge in [-0.2, -0.15) is 5.26 Å². The summed E-state index contributed by atoms with van der Waals surface area (Å²) in [7, 11) is 0. The zero-order valence-corrected chi connectivity index (χ0v) is 18.7. The molecule has 0 radical (unpaired) electrons. The van der Waals surface area contributed by atoms with E-state index in [1.165, 1.54) is 16.6 Å². The fraction of sp³-hybridized carbons (Fsp3) is 0.364. The van der Waals surface area contributed by atoms with E-state index in [2.05, 4.69) is 34.6 Å². The van der Waals surface area contributed by atoms with E-state index in [4.69, 9.17) is 0 Å². The van der Waals surface area contributed by atoms with Gasteiger partial charge in [0.05, 0.1) is 11.3 Å². The van der Waals surface area contributed by atoms with Crippen LogP contribution in [-0.4, -0.2) is 26.4 Å². The van der Waals surface area contributed by atoms with Crippen LogP contribution < -0.4 is 5.32 Å². The highest BCUT2D eigenvalue weighted by Gasteiger charge is 2.22. The number of hydrogen-bond acceptors (Lipinski definition) is 6. The fourth-order valence-corrected chi connectivity index (χ4v) is 5.83.